The molecule has 56 heavy (non-hydrogen) atoms. The van der Waals surface area contributed by atoms with Crippen molar-refractivity contribution in [3.63, 3.8) is 0 Å². The van der Waals surface area contributed by atoms with Gasteiger partial charge in [0.25, 0.3) is 0 Å². The normalized spacial score (nSPS) is 12.2. The molecule has 7 rings (SSSR count). The van der Waals surface area contributed by atoms with Crippen molar-refractivity contribution in [2.45, 2.75) is 98.8 Å². The third-order valence-electron chi connectivity index (χ3n) is 11.1. The van der Waals surface area contributed by atoms with Gasteiger partial charge in [-0.1, -0.05) is 178 Å². The maximum absolute atomic E-state index is 5.00. The average molecular weight is 736 g/mol. The summed E-state index contributed by atoms with van der Waals surface area (Å²) in [6, 6.07) is 49.4. The van der Waals surface area contributed by atoms with Gasteiger partial charge in [0.15, 0.2) is 11.6 Å². The van der Waals surface area contributed by atoms with E-state index in [1.54, 1.807) is 0 Å². The van der Waals surface area contributed by atoms with Crippen LogP contribution < -0.4 is 0 Å². The zero-order valence-electron chi connectivity index (χ0n) is 35.2. The van der Waals surface area contributed by atoms with Crippen LogP contribution in [0.4, 0.5) is 0 Å². The number of hydrogen-bond acceptors (Lipinski definition) is 2. The van der Waals surface area contributed by atoms with Gasteiger partial charge in [0, 0.05) is 11.1 Å². The highest BCUT2D eigenvalue weighted by atomic mass is 15.3. The maximum atomic E-state index is 5.00. The minimum absolute atomic E-state index is 0.0894. The molecule has 0 unspecified atom stereocenters. The number of nitrogens with zero attached hydrogens (tertiary/aromatic N) is 3. The van der Waals surface area contributed by atoms with Crippen LogP contribution in [-0.2, 0) is 10.8 Å². The second kappa shape index (κ2) is 15.2. The first-order valence-electron chi connectivity index (χ1n) is 20.2. The van der Waals surface area contributed by atoms with Crippen LogP contribution in [0.3, 0.4) is 0 Å². The summed E-state index contributed by atoms with van der Waals surface area (Å²) >= 11 is 0. The first kappa shape index (κ1) is 38.7. The molecular formula is C53H57N3. The van der Waals surface area contributed by atoms with Gasteiger partial charge in [-0.05, 0) is 116 Å². The van der Waals surface area contributed by atoms with Crippen molar-refractivity contribution in [1.82, 2.24) is 14.8 Å². The largest absolute Gasteiger partial charge is 0.274 e. The molecule has 7 aromatic rings. The molecule has 0 saturated carbocycles. The fourth-order valence-corrected chi connectivity index (χ4v) is 7.71. The van der Waals surface area contributed by atoms with Gasteiger partial charge in [-0.3, -0.25) is 4.57 Å². The highest BCUT2D eigenvalue weighted by Crippen LogP contribution is 2.40. The number of hydrogen-bond donors (Lipinski definition) is 0. The zero-order chi connectivity index (χ0) is 39.9. The Morgan fingerprint density at radius 3 is 1.21 bits per heavy atom. The van der Waals surface area contributed by atoms with Crippen molar-refractivity contribution in [2.24, 2.45) is 0 Å². The molecule has 3 heteroatoms. The van der Waals surface area contributed by atoms with Crippen LogP contribution in [0.2, 0.25) is 0 Å². The molecule has 0 radical (unpaired) electrons. The van der Waals surface area contributed by atoms with Crippen LogP contribution in [0.1, 0.15) is 109 Å². The topological polar surface area (TPSA) is 30.7 Å². The molecule has 284 valence electrons. The minimum atomic E-state index is 0.0894. The Bertz CT molecular complexity index is 2380. The number of rotatable bonds is 8. The van der Waals surface area contributed by atoms with E-state index < -0.39 is 0 Å². The summed E-state index contributed by atoms with van der Waals surface area (Å²) in [4.78, 5) is 0. The first-order valence-corrected chi connectivity index (χ1v) is 20.2. The Morgan fingerprint density at radius 2 is 0.786 bits per heavy atom. The second-order valence-electron chi connectivity index (χ2n) is 18.2. The number of para-hydroxylation sites is 1. The zero-order valence-corrected chi connectivity index (χ0v) is 35.2. The smallest absolute Gasteiger partial charge is 0.168 e. The molecule has 1 aromatic heterocycles. The van der Waals surface area contributed by atoms with E-state index in [9.17, 15) is 0 Å². The Morgan fingerprint density at radius 1 is 0.411 bits per heavy atom. The van der Waals surface area contributed by atoms with E-state index in [0.717, 1.165) is 33.9 Å². The molecule has 0 aliphatic heterocycles. The number of aryl methyl sites for hydroxylation is 1. The predicted molar refractivity (Wildman–Crippen MR) is 239 cm³/mol. The summed E-state index contributed by atoms with van der Waals surface area (Å²) in [5, 5.41) is 9.96. The quantitative estimate of drug-likeness (QED) is 0.156. The van der Waals surface area contributed by atoms with Crippen LogP contribution in [0, 0.1) is 6.92 Å². The molecule has 0 fully saturated rings. The van der Waals surface area contributed by atoms with E-state index in [2.05, 4.69) is 214 Å². The first-order chi connectivity index (χ1) is 26.6. The Labute approximate surface area is 335 Å². The van der Waals surface area contributed by atoms with E-state index in [-0.39, 0.29) is 10.8 Å². The van der Waals surface area contributed by atoms with Crippen molar-refractivity contribution in [1.29, 1.82) is 0 Å². The minimum Gasteiger partial charge on any atom is -0.274 e. The molecule has 0 N–H and O–H groups in total. The number of benzene rings is 6. The van der Waals surface area contributed by atoms with Gasteiger partial charge in [0.1, 0.15) is 0 Å². The Kier molecular flexibility index (Phi) is 10.5. The molecule has 6 aromatic carbocycles. The highest BCUT2D eigenvalue weighted by Gasteiger charge is 2.24. The lowest BCUT2D eigenvalue weighted by Gasteiger charge is -2.23. The van der Waals surface area contributed by atoms with Crippen molar-refractivity contribution in [2.75, 3.05) is 0 Å². The SMILES string of the molecule is Cc1cccc(-c2nnc(-c3cccc(-c4cc(-c5ccc(C(C)(C)C)cc5)cc(-c5ccc(C(C)(C)C)cc5)c4)c3)n2-c2c(C(C)C)cccc2C(C)C)c1. The van der Waals surface area contributed by atoms with Gasteiger partial charge in [-0.25, -0.2) is 0 Å². The van der Waals surface area contributed by atoms with Crippen LogP contribution in [0.15, 0.2) is 133 Å². The fourth-order valence-electron chi connectivity index (χ4n) is 7.71. The van der Waals surface area contributed by atoms with E-state index in [4.69, 9.17) is 10.2 Å². The fraction of sp³-hybridized carbons (Fsp3) is 0.283. The summed E-state index contributed by atoms with van der Waals surface area (Å²) in [5.74, 6) is 2.31. The summed E-state index contributed by atoms with van der Waals surface area (Å²) < 4.78 is 2.33. The molecule has 0 amide bonds. The molecule has 0 saturated heterocycles. The van der Waals surface area contributed by atoms with Gasteiger partial charge >= 0.3 is 0 Å². The standard InChI is InChI=1S/C53H57N3/c1-34(2)47-19-14-20-48(35(3)4)49(47)56-50(40-17-12-15-36(5)29-40)54-55-51(56)41-18-13-16-39(30-41)44-32-42(37-21-25-45(26-22-37)52(6,7)8)31-43(33-44)38-23-27-46(28-24-38)53(9,10)11/h12-35H,1-11H3. The lowest BCUT2D eigenvalue weighted by Crippen LogP contribution is -2.10. The summed E-state index contributed by atoms with van der Waals surface area (Å²) in [6.45, 7) is 24.8. The van der Waals surface area contributed by atoms with Crippen molar-refractivity contribution < 1.29 is 0 Å². The Hall–Kier alpha value is -5.54. The maximum Gasteiger partial charge on any atom is 0.168 e. The monoisotopic (exact) mass is 735 g/mol. The molecule has 0 aliphatic rings. The third kappa shape index (κ3) is 7.91. The van der Waals surface area contributed by atoms with Gasteiger partial charge < -0.3 is 0 Å². The molecule has 0 aliphatic carbocycles. The summed E-state index contributed by atoms with van der Waals surface area (Å²) in [6.07, 6.45) is 0. The second-order valence-corrected chi connectivity index (χ2v) is 18.2. The molecule has 0 atom stereocenters. The lowest BCUT2D eigenvalue weighted by molar-refractivity contribution is 0.590. The van der Waals surface area contributed by atoms with Crippen LogP contribution >= 0.6 is 0 Å². The summed E-state index contributed by atoms with van der Waals surface area (Å²) in [7, 11) is 0. The highest BCUT2D eigenvalue weighted by molar-refractivity contribution is 5.83. The molecular weight excluding hydrogens is 679 g/mol. The molecule has 3 nitrogen and oxygen atoms in total. The Balaban J connectivity index is 1.43. The van der Waals surface area contributed by atoms with Gasteiger partial charge in [0.05, 0.1) is 5.69 Å². The van der Waals surface area contributed by atoms with Crippen LogP contribution in [0.5, 0.6) is 0 Å². The van der Waals surface area contributed by atoms with Gasteiger partial charge in [-0.2, -0.15) is 0 Å². The molecule has 1 heterocycles. The van der Waals surface area contributed by atoms with Crippen molar-refractivity contribution in [3.05, 3.63) is 161 Å². The van der Waals surface area contributed by atoms with E-state index in [1.165, 1.54) is 55.8 Å². The van der Waals surface area contributed by atoms with E-state index >= 15 is 0 Å². The average Bonchev–Trinajstić information content (AvgIpc) is 3.62. The predicted octanol–water partition coefficient (Wildman–Crippen LogP) is 14.8. The van der Waals surface area contributed by atoms with Gasteiger partial charge in [-0.15, -0.1) is 10.2 Å². The lowest BCUT2D eigenvalue weighted by atomic mass is 9.85. The van der Waals surface area contributed by atoms with E-state index in [0.29, 0.717) is 11.8 Å². The van der Waals surface area contributed by atoms with Crippen LogP contribution in [0.25, 0.3) is 61.8 Å². The van der Waals surface area contributed by atoms with Gasteiger partial charge in [0.2, 0.25) is 0 Å². The van der Waals surface area contributed by atoms with Crippen molar-refractivity contribution >= 4 is 0 Å². The van der Waals surface area contributed by atoms with Crippen molar-refractivity contribution in [3.8, 4) is 61.8 Å². The molecule has 0 spiro atoms. The van der Waals surface area contributed by atoms with Crippen LogP contribution in [-0.4, -0.2) is 14.8 Å². The van der Waals surface area contributed by atoms with E-state index in [1.807, 2.05) is 0 Å². The number of aromatic nitrogens is 3. The molecule has 0 bridgehead atoms. The third-order valence-corrected chi connectivity index (χ3v) is 11.1. The summed E-state index contributed by atoms with van der Waals surface area (Å²) in [5.41, 5.74) is 17.0.